The first-order valence-electron chi connectivity index (χ1n) is 12.6. The molecule has 0 saturated carbocycles. The fourth-order valence-corrected chi connectivity index (χ4v) is 6.94. The molecule has 2 atom stereocenters. The minimum Gasteiger partial charge on any atom is -0.378 e. The van der Waals surface area contributed by atoms with E-state index in [1.807, 2.05) is 0 Å². The molecule has 0 bridgehead atoms. The molecule has 0 radical (unpaired) electrons. The van der Waals surface area contributed by atoms with Gasteiger partial charge in [0, 0.05) is 21.5 Å². The minimum atomic E-state index is 0.0907. The Morgan fingerprint density at radius 3 is 0.939 bits per heavy atom. The largest absolute Gasteiger partial charge is 0.378 e. The highest BCUT2D eigenvalue weighted by Gasteiger charge is 2.44. The Bertz CT molecular complexity index is 489. The molecule has 0 fully saturated rings. The van der Waals surface area contributed by atoms with Gasteiger partial charge in [0.2, 0.25) is 0 Å². The highest BCUT2D eigenvalue weighted by atomic mass is 79.9. The van der Waals surface area contributed by atoms with E-state index in [0.29, 0.717) is 26.4 Å². The first-order valence-corrected chi connectivity index (χ1v) is 14.8. The van der Waals surface area contributed by atoms with Gasteiger partial charge in [0.1, 0.15) is 0 Å². The lowest BCUT2D eigenvalue weighted by Crippen LogP contribution is -2.44. The van der Waals surface area contributed by atoms with Gasteiger partial charge < -0.3 is 14.2 Å². The highest BCUT2D eigenvalue weighted by Crippen LogP contribution is 2.49. The van der Waals surface area contributed by atoms with E-state index >= 15 is 0 Å². The summed E-state index contributed by atoms with van der Waals surface area (Å²) in [4.78, 5) is 0. The van der Waals surface area contributed by atoms with Crippen molar-refractivity contribution in [2.75, 3.05) is 50.3 Å². The monoisotopic (exact) mass is 598 g/mol. The molecule has 0 amide bonds. The lowest BCUT2D eigenvalue weighted by molar-refractivity contribution is -0.0642. The number of ether oxygens (including phenoxy) is 3. The van der Waals surface area contributed by atoms with Crippen LogP contribution in [0.5, 0.6) is 0 Å². The average Bonchev–Trinajstić information content (AvgIpc) is 2.60. The maximum absolute atomic E-state index is 6.14. The van der Waals surface area contributed by atoms with Crippen molar-refractivity contribution in [2.24, 2.45) is 32.5 Å². The van der Waals surface area contributed by atoms with Crippen LogP contribution in [0, 0.1) is 32.5 Å². The van der Waals surface area contributed by atoms with Crippen molar-refractivity contribution in [2.45, 2.75) is 95.9 Å². The standard InChI is InChI=1S/C28H56Br2O3/c1-23(2,3)17-27(19-29,25(7,8)9)21-32-15-13-31-14-16-33-22-28(20-30,26(10,11)12)18-24(4,5)6/h13-22H2,1-12H3. The smallest absolute Gasteiger partial charge is 0.0701 e. The first kappa shape index (κ1) is 33.8. The van der Waals surface area contributed by atoms with Gasteiger partial charge in [-0.05, 0) is 34.5 Å². The van der Waals surface area contributed by atoms with Crippen LogP contribution in [0.25, 0.3) is 0 Å². The van der Waals surface area contributed by atoms with E-state index < -0.39 is 0 Å². The van der Waals surface area contributed by atoms with Crippen molar-refractivity contribution >= 4 is 31.9 Å². The second-order valence-corrected chi connectivity index (χ2v) is 15.6. The number of hydrogen-bond acceptors (Lipinski definition) is 3. The minimum absolute atomic E-state index is 0.0907. The zero-order valence-electron chi connectivity index (χ0n) is 24.1. The summed E-state index contributed by atoms with van der Waals surface area (Å²) < 4.78 is 18.1. The van der Waals surface area contributed by atoms with Crippen LogP contribution in [0.3, 0.4) is 0 Å². The van der Waals surface area contributed by atoms with E-state index in [1.54, 1.807) is 0 Å². The van der Waals surface area contributed by atoms with Crippen molar-refractivity contribution < 1.29 is 14.2 Å². The Kier molecular flexibility index (Phi) is 13.7. The van der Waals surface area contributed by atoms with Gasteiger partial charge in [0.05, 0.1) is 39.6 Å². The third-order valence-electron chi connectivity index (χ3n) is 6.93. The van der Waals surface area contributed by atoms with Crippen molar-refractivity contribution in [3.05, 3.63) is 0 Å². The Morgan fingerprint density at radius 1 is 0.455 bits per heavy atom. The maximum Gasteiger partial charge on any atom is 0.0701 e. The SMILES string of the molecule is CC(C)(C)CC(CBr)(COCCOCCOCC(CBr)(CC(C)(C)C)C(C)(C)C)C(C)(C)C. The van der Waals surface area contributed by atoms with Crippen molar-refractivity contribution in [1.29, 1.82) is 0 Å². The molecule has 0 rings (SSSR count). The lowest BCUT2D eigenvalue weighted by Gasteiger charge is -2.47. The van der Waals surface area contributed by atoms with Crippen LogP contribution < -0.4 is 0 Å². The maximum atomic E-state index is 6.14. The molecule has 0 aliphatic rings. The molecule has 0 saturated heterocycles. The summed E-state index contributed by atoms with van der Waals surface area (Å²) in [6, 6.07) is 0. The molecule has 33 heavy (non-hydrogen) atoms. The van der Waals surface area contributed by atoms with Crippen LogP contribution in [-0.4, -0.2) is 50.3 Å². The van der Waals surface area contributed by atoms with Gasteiger partial charge in [-0.3, -0.25) is 0 Å². The fourth-order valence-electron chi connectivity index (χ4n) is 4.54. The molecule has 0 aromatic carbocycles. The molecular weight excluding hydrogens is 544 g/mol. The Morgan fingerprint density at radius 2 is 0.727 bits per heavy atom. The molecule has 0 N–H and O–H groups in total. The van der Waals surface area contributed by atoms with Crippen LogP contribution in [0.4, 0.5) is 0 Å². The highest BCUT2D eigenvalue weighted by molar-refractivity contribution is 9.09. The molecule has 0 aliphatic heterocycles. The average molecular weight is 601 g/mol. The lowest BCUT2D eigenvalue weighted by atomic mass is 9.62. The van der Waals surface area contributed by atoms with Crippen LogP contribution >= 0.6 is 31.9 Å². The van der Waals surface area contributed by atoms with Crippen molar-refractivity contribution in [3.8, 4) is 0 Å². The number of hydrogen-bond donors (Lipinski definition) is 0. The topological polar surface area (TPSA) is 27.7 Å². The predicted molar refractivity (Wildman–Crippen MR) is 152 cm³/mol. The van der Waals surface area contributed by atoms with Gasteiger partial charge >= 0.3 is 0 Å². The van der Waals surface area contributed by atoms with Gasteiger partial charge in [0.25, 0.3) is 0 Å². The number of halogens is 2. The zero-order valence-corrected chi connectivity index (χ0v) is 27.2. The van der Waals surface area contributed by atoms with E-state index in [-0.39, 0.29) is 32.5 Å². The summed E-state index contributed by atoms with van der Waals surface area (Å²) in [5.74, 6) is 0. The third-order valence-corrected chi connectivity index (χ3v) is 9.08. The molecule has 2 unspecified atom stereocenters. The van der Waals surface area contributed by atoms with E-state index in [2.05, 4.69) is 115 Å². The van der Waals surface area contributed by atoms with Crippen LogP contribution in [0.1, 0.15) is 95.9 Å². The molecular formula is C28H56Br2O3. The summed E-state index contributed by atoms with van der Waals surface area (Å²) in [5.41, 5.74) is 0.993. The molecule has 200 valence electrons. The molecule has 0 aromatic rings. The Hall–Kier alpha value is 0.840. The molecule has 3 nitrogen and oxygen atoms in total. The summed E-state index contributed by atoms with van der Waals surface area (Å²) in [6.45, 7) is 31.7. The Labute approximate surface area is 224 Å². The van der Waals surface area contributed by atoms with Crippen LogP contribution in [-0.2, 0) is 14.2 Å². The second-order valence-electron chi connectivity index (χ2n) is 14.5. The summed E-state index contributed by atoms with van der Waals surface area (Å²) >= 11 is 7.59. The summed E-state index contributed by atoms with van der Waals surface area (Å²) in [7, 11) is 0. The van der Waals surface area contributed by atoms with E-state index in [0.717, 1.165) is 36.7 Å². The van der Waals surface area contributed by atoms with Gasteiger partial charge in [-0.15, -0.1) is 0 Å². The Balaban J connectivity index is 4.52. The van der Waals surface area contributed by atoms with Gasteiger partial charge in [-0.1, -0.05) is 115 Å². The van der Waals surface area contributed by atoms with Crippen molar-refractivity contribution in [3.63, 3.8) is 0 Å². The summed E-state index contributed by atoms with van der Waals surface area (Å²) in [6.07, 6.45) is 2.22. The predicted octanol–water partition coefficient (Wildman–Crippen LogP) is 8.76. The normalized spacial score (nSPS) is 17.6. The molecule has 0 spiro atoms. The second kappa shape index (κ2) is 13.4. The van der Waals surface area contributed by atoms with Gasteiger partial charge in [-0.2, -0.15) is 0 Å². The fraction of sp³-hybridized carbons (Fsp3) is 1.00. The zero-order chi connectivity index (χ0) is 26.2. The molecule has 0 heterocycles. The van der Waals surface area contributed by atoms with Crippen molar-refractivity contribution in [1.82, 2.24) is 0 Å². The molecule has 0 aromatic heterocycles. The third kappa shape index (κ3) is 12.1. The van der Waals surface area contributed by atoms with Gasteiger partial charge in [0.15, 0.2) is 0 Å². The number of rotatable bonds is 14. The summed E-state index contributed by atoms with van der Waals surface area (Å²) in [5, 5.41) is 1.88. The number of alkyl halides is 2. The quantitative estimate of drug-likeness (QED) is 0.147. The van der Waals surface area contributed by atoms with E-state index in [1.165, 1.54) is 0 Å². The van der Waals surface area contributed by atoms with Crippen LogP contribution in [0.2, 0.25) is 0 Å². The van der Waals surface area contributed by atoms with Crippen LogP contribution in [0.15, 0.2) is 0 Å². The first-order chi connectivity index (χ1) is 14.7. The molecule has 0 aliphatic carbocycles. The van der Waals surface area contributed by atoms with E-state index in [4.69, 9.17) is 14.2 Å². The van der Waals surface area contributed by atoms with E-state index in [9.17, 15) is 0 Å². The van der Waals surface area contributed by atoms with Gasteiger partial charge in [-0.25, -0.2) is 0 Å². The molecule has 5 heteroatoms.